The van der Waals surface area contributed by atoms with Crippen molar-refractivity contribution >= 4 is 102 Å². The van der Waals surface area contributed by atoms with Crippen LogP contribution in [-0.2, 0) is 20.1 Å². The van der Waals surface area contributed by atoms with Gasteiger partial charge in [-0.3, -0.25) is 0 Å². The molecule has 12 nitrogen and oxygen atoms in total. The fraction of sp³-hybridized carbons (Fsp3) is 0. The van der Waals surface area contributed by atoms with Crippen LogP contribution in [0.5, 0.6) is 0 Å². The van der Waals surface area contributed by atoms with Gasteiger partial charge in [0.15, 0.2) is 0 Å². The zero-order chi connectivity index (χ0) is 49.9. The van der Waals surface area contributed by atoms with Gasteiger partial charge in [0.2, 0.25) is 0 Å². The van der Waals surface area contributed by atoms with E-state index in [4.69, 9.17) is 29.9 Å². The van der Waals surface area contributed by atoms with Gasteiger partial charge in [0.1, 0.15) is 34.9 Å². The van der Waals surface area contributed by atoms with Crippen molar-refractivity contribution in [3.63, 3.8) is 0 Å². The Labute approximate surface area is 453 Å². The Morgan fingerprint density at radius 3 is 0.671 bits per heavy atom. The van der Waals surface area contributed by atoms with Crippen LogP contribution in [0, 0.1) is 38.2 Å². The second-order valence-corrected chi connectivity index (χ2v) is 17.4. The molecule has 6 heterocycles. The molecule has 9 aromatic carbocycles. The van der Waals surface area contributed by atoms with Crippen LogP contribution >= 0.6 is 0 Å². The summed E-state index contributed by atoms with van der Waals surface area (Å²) in [4.78, 5) is 41.5. The molecule has 369 valence electrons. The van der Waals surface area contributed by atoms with Gasteiger partial charge in [-0.15, -0.1) is 37.1 Å². The van der Waals surface area contributed by atoms with Gasteiger partial charge in [-0.1, -0.05) is 91.0 Å². The molecule has 0 unspecified atom stereocenters. The summed E-state index contributed by atoms with van der Waals surface area (Å²) in [5, 5.41) is 0. The summed E-state index contributed by atoms with van der Waals surface area (Å²) in [5.74, 6) is 4.89. The smallest absolute Gasteiger partial charge is 0.146 e. The van der Waals surface area contributed by atoms with Crippen LogP contribution < -0.4 is 29.4 Å². The number of benzene rings is 9. The fourth-order valence-electron chi connectivity index (χ4n) is 9.05. The minimum absolute atomic E-state index is 0. The molecule has 0 saturated carbocycles. The number of para-hydroxylation sites is 12. The summed E-state index contributed by atoms with van der Waals surface area (Å²) in [7, 11) is 0. The van der Waals surface area contributed by atoms with Crippen molar-refractivity contribution in [2.45, 2.75) is 0 Å². The summed E-state index contributed by atoms with van der Waals surface area (Å²) in [5.41, 5.74) is 11.2. The van der Waals surface area contributed by atoms with Crippen LogP contribution in [0.2, 0.25) is 0 Å². The molecule has 12 aromatic rings. The van der Waals surface area contributed by atoms with Crippen LogP contribution in [0.25, 0.3) is 33.1 Å². The molecule has 1 radical (unpaired) electrons. The third-order valence-corrected chi connectivity index (χ3v) is 12.6. The Morgan fingerprint density at radius 1 is 0.237 bits per heavy atom. The van der Waals surface area contributed by atoms with E-state index in [1.807, 2.05) is 235 Å². The molecule has 0 aliphatic carbocycles. The van der Waals surface area contributed by atoms with E-state index in [9.17, 15) is 0 Å². The van der Waals surface area contributed by atoms with E-state index in [1.54, 1.807) is 0 Å². The van der Waals surface area contributed by atoms with Crippen molar-refractivity contribution in [2.24, 2.45) is 0 Å². The van der Waals surface area contributed by atoms with E-state index in [2.05, 4.69) is 69.3 Å². The number of hydrogen-bond acceptors (Lipinski definition) is 12. The first-order valence-corrected chi connectivity index (χ1v) is 24.4. The number of rotatable bonds is 6. The zero-order valence-electron chi connectivity index (χ0n) is 40.4. The van der Waals surface area contributed by atoms with E-state index < -0.39 is 0 Å². The summed E-state index contributed by atoms with van der Waals surface area (Å²) in [6, 6.07) is 87.8. The summed E-state index contributed by atoms with van der Waals surface area (Å²) in [6.07, 6.45) is 0. The molecule has 0 fully saturated rings. The first-order chi connectivity index (χ1) is 37.2. The van der Waals surface area contributed by atoms with Gasteiger partial charge in [0.25, 0.3) is 0 Å². The molecule has 3 aliphatic rings. The second kappa shape index (κ2) is 21.1. The maximum absolute atomic E-state index is 4.87. The van der Waals surface area contributed by atoms with Crippen molar-refractivity contribution in [3.05, 3.63) is 275 Å². The quantitative estimate of drug-likeness (QED) is 0.148. The van der Waals surface area contributed by atoms with E-state index >= 15 is 0 Å². The second-order valence-electron chi connectivity index (χ2n) is 17.4. The third kappa shape index (κ3) is 9.25. The monoisotopic (exact) mass is 1160 g/mol. The fourth-order valence-corrected chi connectivity index (χ4v) is 9.05. The van der Waals surface area contributed by atoms with E-state index in [0.29, 0.717) is 0 Å². The molecular formula is C63H42IrN12-6. The molecule has 0 spiro atoms. The molecule has 0 amide bonds. The summed E-state index contributed by atoms with van der Waals surface area (Å²) >= 11 is 0. The predicted molar refractivity (Wildman–Crippen MR) is 300 cm³/mol. The van der Waals surface area contributed by atoms with Crippen molar-refractivity contribution in [2.75, 3.05) is 29.4 Å². The first-order valence-electron chi connectivity index (χ1n) is 24.4. The largest absolute Gasteiger partial charge is 0.477 e. The number of aromatic nitrogens is 6. The minimum atomic E-state index is 0. The topological polar surface area (TPSA) is 96.8 Å². The van der Waals surface area contributed by atoms with Gasteiger partial charge in [0.05, 0.1) is 33.1 Å². The Kier molecular flexibility index (Phi) is 13.2. The third-order valence-electron chi connectivity index (χ3n) is 12.6. The van der Waals surface area contributed by atoms with Crippen molar-refractivity contribution in [3.8, 4) is 0 Å². The molecule has 13 heteroatoms. The average Bonchev–Trinajstić information content (AvgIpc) is 4.22. The van der Waals surface area contributed by atoms with Gasteiger partial charge in [-0.25, -0.2) is 29.9 Å². The van der Waals surface area contributed by atoms with Gasteiger partial charge in [-0.2, -0.15) is 91.0 Å². The minimum Gasteiger partial charge on any atom is -0.477 e. The zero-order valence-corrected chi connectivity index (χ0v) is 42.8. The molecule has 0 bridgehead atoms. The predicted octanol–water partition coefficient (Wildman–Crippen LogP) is 14.5. The molecule has 0 N–H and O–H groups in total. The maximum atomic E-state index is 4.87. The molecule has 76 heavy (non-hydrogen) atoms. The maximum Gasteiger partial charge on any atom is 0.146 e. The molecule has 0 atom stereocenters. The number of fused-ring (bicyclic) bond motifs is 6. The Bertz CT molecular complexity index is 3260. The van der Waals surface area contributed by atoms with Crippen LogP contribution in [0.4, 0.5) is 69.0 Å². The van der Waals surface area contributed by atoms with Crippen LogP contribution in [0.15, 0.2) is 237 Å². The Balaban J connectivity index is 0.000000114. The van der Waals surface area contributed by atoms with Gasteiger partial charge >= 0.3 is 0 Å². The van der Waals surface area contributed by atoms with E-state index in [1.165, 1.54) is 0 Å². The average molecular weight is 1160 g/mol. The van der Waals surface area contributed by atoms with Crippen molar-refractivity contribution < 1.29 is 20.1 Å². The Morgan fingerprint density at radius 2 is 0.447 bits per heavy atom. The normalized spacial score (nSPS) is 13.1. The van der Waals surface area contributed by atoms with Crippen molar-refractivity contribution in [1.82, 2.24) is 29.9 Å². The molecule has 3 aromatic heterocycles. The molecule has 3 aliphatic heterocycles. The van der Waals surface area contributed by atoms with Crippen LogP contribution in [0.1, 0.15) is 0 Å². The van der Waals surface area contributed by atoms with E-state index in [0.717, 1.165) is 102 Å². The number of nitrogens with zero attached hydrogens (tertiary/aromatic N) is 12. The summed E-state index contributed by atoms with van der Waals surface area (Å²) in [6.45, 7) is 6.06. The number of anilines is 12. The standard InChI is InChI=1S/3C21H14N4.Ir/c3*1-3-9-16(10-4-1)24-15-25(17-11-5-2-6-12-17)21-20(24)22-18-13-7-8-14-19(18)23-21;/h3*1-11,13-15H;/q3*-2;. The SMILES string of the molecule is [Ir].[c-]1ccccc1N1[CH-]N(c2ccccc2)c2nc3ccccc3nc21.[c-]1ccccc1N1[CH-]N(c2ccccc2)c2nc3ccccc3nc21.[c-]1ccccc1N1[CH-]N(c2ccccc2)c2nc3ccccc3nc21. The van der Waals surface area contributed by atoms with Crippen LogP contribution in [-0.4, -0.2) is 29.9 Å². The molecular weight excluding hydrogens is 1120 g/mol. The molecule has 0 saturated heterocycles. The number of hydrogen-bond donors (Lipinski definition) is 0. The first kappa shape index (κ1) is 47.5. The Hall–Kier alpha value is -9.55. The molecule has 15 rings (SSSR count). The van der Waals surface area contributed by atoms with E-state index in [-0.39, 0.29) is 20.1 Å². The summed E-state index contributed by atoms with van der Waals surface area (Å²) < 4.78 is 0. The van der Waals surface area contributed by atoms with Gasteiger partial charge in [-0.05, 0) is 72.8 Å². The van der Waals surface area contributed by atoms with Crippen molar-refractivity contribution in [1.29, 1.82) is 0 Å². The van der Waals surface area contributed by atoms with Gasteiger partial charge in [0, 0.05) is 37.2 Å². The van der Waals surface area contributed by atoms with Crippen LogP contribution in [0.3, 0.4) is 0 Å². The van der Waals surface area contributed by atoms with Gasteiger partial charge < -0.3 is 29.4 Å².